The molecule has 0 aromatic heterocycles. The average molecular weight is 187 g/mol. The van der Waals surface area contributed by atoms with Gasteiger partial charge in [-0.15, -0.1) is 0 Å². The minimum absolute atomic E-state index is 0.608. The molecule has 80 valence electrons. The molecule has 2 heteroatoms. The molecule has 0 aromatic rings. The number of nitrogens with one attached hydrogen (secondary N) is 1. The van der Waals surface area contributed by atoms with Gasteiger partial charge in [0.15, 0.2) is 0 Å². The minimum Gasteiger partial charge on any atom is -0.384 e. The molecule has 0 saturated carbocycles. The molecule has 0 spiro atoms. The van der Waals surface area contributed by atoms with Crippen LogP contribution in [0.1, 0.15) is 34.1 Å². The SMILES string of the molecule is CCC(C)C(C)NCC(C)COC. The third-order valence-electron chi connectivity index (χ3n) is 2.74. The second-order valence-corrected chi connectivity index (χ2v) is 4.14. The van der Waals surface area contributed by atoms with Crippen LogP contribution >= 0.6 is 0 Å². The molecule has 3 atom stereocenters. The summed E-state index contributed by atoms with van der Waals surface area (Å²) in [5.41, 5.74) is 0. The molecule has 2 nitrogen and oxygen atoms in total. The first-order valence-corrected chi connectivity index (χ1v) is 5.34. The quantitative estimate of drug-likeness (QED) is 0.660. The zero-order valence-electron chi connectivity index (χ0n) is 9.76. The van der Waals surface area contributed by atoms with E-state index in [1.807, 2.05) is 0 Å². The van der Waals surface area contributed by atoms with Crippen LogP contribution in [0.4, 0.5) is 0 Å². The van der Waals surface area contributed by atoms with E-state index < -0.39 is 0 Å². The average Bonchev–Trinajstić information content (AvgIpc) is 2.13. The molecule has 0 aromatic carbocycles. The molecule has 3 unspecified atom stereocenters. The van der Waals surface area contributed by atoms with Crippen LogP contribution in [-0.4, -0.2) is 26.3 Å². The van der Waals surface area contributed by atoms with Crippen molar-refractivity contribution in [2.24, 2.45) is 11.8 Å². The van der Waals surface area contributed by atoms with Gasteiger partial charge in [-0.3, -0.25) is 0 Å². The van der Waals surface area contributed by atoms with Gasteiger partial charge in [-0.2, -0.15) is 0 Å². The van der Waals surface area contributed by atoms with Crippen molar-refractivity contribution in [3.05, 3.63) is 0 Å². The third kappa shape index (κ3) is 6.05. The van der Waals surface area contributed by atoms with Crippen LogP contribution in [0.2, 0.25) is 0 Å². The molecule has 0 heterocycles. The standard InChI is InChI=1S/C11H25NO/c1-6-10(3)11(4)12-7-9(2)8-13-5/h9-12H,6-8H2,1-5H3. The second kappa shape index (κ2) is 7.34. The number of rotatable bonds is 7. The van der Waals surface area contributed by atoms with Gasteiger partial charge in [-0.1, -0.05) is 27.2 Å². The highest BCUT2D eigenvalue weighted by Gasteiger charge is 2.10. The van der Waals surface area contributed by atoms with Crippen LogP contribution in [0.3, 0.4) is 0 Å². The molecular weight excluding hydrogens is 162 g/mol. The van der Waals surface area contributed by atoms with Gasteiger partial charge in [-0.05, 0) is 18.8 Å². The van der Waals surface area contributed by atoms with Crippen molar-refractivity contribution >= 4 is 0 Å². The van der Waals surface area contributed by atoms with Crippen molar-refractivity contribution in [1.29, 1.82) is 0 Å². The van der Waals surface area contributed by atoms with Gasteiger partial charge in [0.05, 0.1) is 0 Å². The Labute approximate surface area is 83.1 Å². The maximum atomic E-state index is 5.08. The van der Waals surface area contributed by atoms with Gasteiger partial charge in [0.25, 0.3) is 0 Å². The highest BCUT2D eigenvalue weighted by atomic mass is 16.5. The van der Waals surface area contributed by atoms with Crippen LogP contribution in [0.25, 0.3) is 0 Å². The summed E-state index contributed by atoms with van der Waals surface area (Å²) in [6.07, 6.45) is 1.24. The van der Waals surface area contributed by atoms with Crippen molar-refractivity contribution < 1.29 is 4.74 Å². The summed E-state index contributed by atoms with van der Waals surface area (Å²) >= 11 is 0. The molecular formula is C11H25NO. The van der Waals surface area contributed by atoms with E-state index in [0.29, 0.717) is 12.0 Å². The molecule has 0 aliphatic heterocycles. The lowest BCUT2D eigenvalue weighted by atomic mass is 10.0. The van der Waals surface area contributed by atoms with Crippen LogP contribution in [0, 0.1) is 11.8 Å². The van der Waals surface area contributed by atoms with E-state index in [4.69, 9.17) is 4.74 Å². The Morgan fingerprint density at radius 2 is 1.85 bits per heavy atom. The summed E-state index contributed by atoms with van der Waals surface area (Å²) in [7, 11) is 1.76. The fourth-order valence-corrected chi connectivity index (χ4v) is 1.29. The van der Waals surface area contributed by atoms with E-state index in [2.05, 4.69) is 33.0 Å². The predicted octanol–water partition coefficient (Wildman–Crippen LogP) is 2.29. The van der Waals surface area contributed by atoms with Gasteiger partial charge in [0, 0.05) is 26.3 Å². The molecule has 13 heavy (non-hydrogen) atoms. The van der Waals surface area contributed by atoms with Gasteiger partial charge in [-0.25, -0.2) is 0 Å². The fraction of sp³-hybridized carbons (Fsp3) is 1.00. The lowest BCUT2D eigenvalue weighted by Gasteiger charge is -2.22. The number of hydrogen-bond donors (Lipinski definition) is 1. The van der Waals surface area contributed by atoms with Crippen molar-refractivity contribution in [2.45, 2.75) is 40.2 Å². The predicted molar refractivity (Wildman–Crippen MR) is 58.0 cm³/mol. The number of ether oxygens (including phenoxy) is 1. The highest BCUT2D eigenvalue weighted by Crippen LogP contribution is 2.06. The Balaban J connectivity index is 3.50. The molecule has 1 N–H and O–H groups in total. The minimum atomic E-state index is 0.608. The molecule has 0 aliphatic rings. The highest BCUT2D eigenvalue weighted by molar-refractivity contribution is 4.68. The monoisotopic (exact) mass is 187 g/mol. The van der Waals surface area contributed by atoms with Crippen LogP contribution < -0.4 is 5.32 Å². The van der Waals surface area contributed by atoms with Crippen LogP contribution in [0.5, 0.6) is 0 Å². The van der Waals surface area contributed by atoms with Crippen LogP contribution in [-0.2, 0) is 4.74 Å². The normalized spacial score (nSPS) is 18.2. The largest absolute Gasteiger partial charge is 0.384 e. The van der Waals surface area contributed by atoms with E-state index in [1.165, 1.54) is 6.42 Å². The summed E-state index contributed by atoms with van der Waals surface area (Å²) in [5, 5.41) is 3.54. The first kappa shape index (κ1) is 12.9. The molecule has 0 radical (unpaired) electrons. The first-order valence-electron chi connectivity index (χ1n) is 5.34. The second-order valence-electron chi connectivity index (χ2n) is 4.14. The van der Waals surface area contributed by atoms with Gasteiger partial charge >= 0.3 is 0 Å². The lowest BCUT2D eigenvalue weighted by Crippen LogP contribution is -2.35. The number of hydrogen-bond acceptors (Lipinski definition) is 2. The smallest absolute Gasteiger partial charge is 0.0499 e. The van der Waals surface area contributed by atoms with Crippen molar-refractivity contribution in [2.75, 3.05) is 20.3 Å². The molecule has 0 saturated heterocycles. The summed E-state index contributed by atoms with van der Waals surface area (Å²) in [6.45, 7) is 10.9. The van der Waals surface area contributed by atoms with E-state index in [-0.39, 0.29) is 0 Å². The molecule has 0 fully saturated rings. The summed E-state index contributed by atoms with van der Waals surface area (Å²) in [5.74, 6) is 1.37. The summed E-state index contributed by atoms with van der Waals surface area (Å²) in [6, 6.07) is 0.615. The van der Waals surface area contributed by atoms with Crippen molar-refractivity contribution in [3.8, 4) is 0 Å². The Morgan fingerprint density at radius 3 is 2.31 bits per heavy atom. The van der Waals surface area contributed by atoms with Crippen molar-refractivity contribution in [1.82, 2.24) is 5.32 Å². The molecule has 0 rings (SSSR count). The molecule has 0 amide bonds. The zero-order chi connectivity index (χ0) is 10.3. The Morgan fingerprint density at radius 1 is 1.23 bits per heavy atom. The maximum absolute atomic E-state index is 5.08. The van der Waals surface area contributed by atoms with Gasteiger partial charge < -0.3 is 10.1 Å². The van der Waals surface area contributed by atoms with E-state index in [9.17, 15) is 0 Å². The third-order valence-corrected chi connectivity index (χ3v) is 2.74. The number of methoxy groups -OCH3 is 1. The Hall–Kier alpha value is -0.0800. The van der Waals surface area contributed by atoms with Crippen LogP contribution in [0.15, 0.2) is 0 Å². The maximum Gasteiger partial charge on any atom is 0.0499 e. The Bertz CT molecular complexity index is 117. The van der Waals surface area contributed by atoms with Crippen molar-refractivity contribution in [3.63, 3.8) is 0 Å². The fourth-order valence-electron chi connectivity index (χ4n) is 1.29. The van der Waals surface area contributed by atoms with Gasteiger partial charge in [0.1, 0.15) is 0 Å². The van der Waals surface area contributed by atoms with Gasteiger partial charge in [0.2, 0.25) is 0 Å². The molecule has 0 aliphatic carbocycles. The van der Waals surface area contributed by atoms with E-state index in [0.717, 1.165) is 19.1 Å². The summed E-state index contributed by atoms with van der Waals surface area (Å²) < 4.78 is 5.08. The topological polar surface area (TPSA) is 21.3 Å². The van der Waals surface area contributed by atoms with E-state index in [1.54, 1.807) is 7.11 Å². The first-order chi connectivity index (χ1) is 6.11. The summed E-state index contributed by atoms with van der Waals surface area (Å²) in [4.78, 5) is 0. The molecule has 0 bridgehead atoms. The van der Waals surface area contributed by atoms with E-state index >= 15 is 0 Å². The Kier molecular flexibility index (Phi) is 7.29. The zero-order valence-corrected chi connectivity index (χ0v) is 9.76. The lowest BCUT2D eigenvalue weighted by molar-refractivity contribution is 0.155.